The fourth-order valence-corrected chi connectivity index (χ4v) is 3.07. The molecule has 0 fully saturated rings. The molecule has 0 aromatic heterocycles. The van der Waals surface area contributed by atoms with Gasteiger partial charge in [0.2, 0.25) is 0 Å². The summed E-state index contributed by atoms with van der Waals surface area (Å²) in [6.07, 6.45) is 4.68. The van der Waals surface area contributed by atoms with E-state index in [0.717, 1.165) is 24.2 Å². The molecule has 1 N–H and O–H groups in total. The minimum absolute atomic E-state index is 0.0235. The Balaban J connectivity index is 1.52. The van der Waals surface area contributed by atoms with E-state index in [2.05, 4.69) is 11.4 Å². The van der Waals surface area contributed by atoms with Gasteiger partial charge in [0, 0.05) is 0 Å². The fraction of sp³-hybridized carbons (Fsp3) is 0.350. The number of halogens is 1. The molecule has 3 nitrogen and oxygen atoms in total. The molecule has 1 aliphatic rings. The highest BCUT2D eigenvalue weighted by Gasteiger charge is 2.12. The van der Waals surface area contributed by atoms with Gasteiger partial charge in [-0.05, 0) is 73.6 Å². The van der Waals surface area contributed by atoms with Gasteiger partial charge in [0.1, 0.15) is 11.6 Å². The van der Waals surface area contributed by atoms with Gasteiger partial charge in [0.25, 0.3) is 5.91 Å². The van der Waals surface area contributed by atoms with Crippen molar-refractivity contribution in [1.82, 2.24) is 5.32 Å². The van der Waals surface area contributed by atoms with E-state index in [9.17, 15) is 9.18 Å². The second-order valence-electron chi connectivity index (χ2n) is 6.27. The molecule has 0 heterocycles. The first-order chi connectivity index (χ1) is 11.6. The van der Waals surface area contributed by atoms with Crippen molar-refractivity contribution < 1.29 is 13.9 Å². The Kier molecular flexibility index (Phi) is 5.14. The van der Waals surface area contributed by atoms with Gasteiger partial charge in [-0.25, -0.2) is 4.39 Å². The van der Waals surface area contributed by atoms with Gasteiger partial charge in [-0.2, -0.15) is 0 Å². The van der Waals surface area contributed by atoms with E-state index in [1.807, 2.05) is 19.1 Å². The lowest BCUT2D eigenvalue weighted by atomic mass is 9.92. The van der Waals surface area contributed by atoms with Gasteiger partial charge in [-0.1, -0.05) is 18.2 Å². The van der Waals surface area contributed by atoms with Crippen LogP contribution in [0.4, 0.5) is 4.39 Å². The standard InChI is InChI=1S/C20H22FNO2/c1-14(15-6-9-18(21)10-7-15)22-20(23)13-24-19-11-8-16-4-2-3-5-17(16)12-19/h6-12,14H,2-5,13H2,1H3,(H,22,23). The van der Waals surface area contributed by atoms with E-state index < -0.39 is 0 Å². The Labute approximate surface area is 141 Å². The molecule has 2 aromatic rings. The first-order valence-electron chi connectivity index (χ1n) is 8.41. The Morgan fingerprint density at radius 1 is 1.12 bits per heavy atom. The van der Waals surface area contributed by atoms with Crippen LogP contribution in [0, 0.1) is 5.82 Å². The van der Waals surface area contributed by atoms with Gasteiger partial charge in [-0.3, -0.25) is 4.79 Å². The average molecular weight is 327 g/mol. The number of benzene rings is 2. The van der Waals surface area contributed by atoms with Crippen LogP contribution in [0.25, 0.3) is 0 Å². The van der Waals surface area contributed by atoms with E-state index in [-0.39, 0.29) is 24.4 Å². The van der Waals surface area contributed by atoms with Crippen molar-refractivity contribution in [3.05, 3.63) is 65.0 Å². The van der Waals surface area contributed by atoms with Crippen molar-refractivity contribution in [3.63, 3.8) is 0 Å². The van der Waals surface area contributed by atoms with E-state index in [4.69, 9.17) is 4.74 Å². The number of hydrogen-bond donors (Lipinski definition) is 1. The zero-order chi connectivity index (χ0) is 16.9. The van der Waals surface area contributed by atoms with Crippen molar-refractivity contribution in [2.45, 2.75) is 38.6 Å². The summed E-state index contributed by atoms with van der Waals surface area (Å²) in [4.78, 5) is 12.0. The highest BCUT2D eigenvalue weighted by Crippen LogP contribution is 2.25. The highest BCUT2D eigenvalue weighted by atomic mass is 19.1. The van der Waals surface area contributed by atoms with E-state index in [1.165, 1.54) is 36.1 Å². The number of carbonyl (C=O) groups is 1. The summed E-state index contributed by atoms with van der Waals surface area (Å²) in [6, 6.07) is 12.0. The minimum Gasteiger partial charge on any atom is -0.484 e. The molecule has 3 rings (SSSR count). The van der Waals surface area contributed by atoms with Crippen molar-refractivity contribution in [3.8, 4) is 5.75 Å². The summed E-state index contributed by atoms with van der Waals surface area (Å²) < 4.78 is 18.6. The topological polar surface area (TPSA) is 38.3 Å². The van der Waals surface area contributed by atoms with Gasteiger partial charge >= 0.3 is 0 Å². The maximum absolute atomic E-state index is 12.9. The van der Waals surface area contributed by atoms with E-state index in [1.54, 1.807) is 12.1 Å². The van der Waals surface area contributed by atoms with Crippen molar-refractivity contribution in [2.75, 3.05) is 6.61 Å². The van der Waals surface area contributed by atoms with Crippen LogP contribution in [0.3, 0.4) is 0 Å². The smallest absolute Gasteiger partial charge is 0.258 e. The first-order valence-corrected chi connectivity index (χ1v) is 8.41. The number of fused-ring (bicyclic) bond motifs is 1. The number of hydrogen-bond acceptors (Lipinski definition) is 2. The number of rotatable bonds is 5. The highest BCUT2D eigenvalue weighted by molar-refractivity contribution is 5.78. The van der Waals surface area contributed by atoms with Crippen LogP contribution in [-0.4, -0.2) is 12.5 Å². The Hall–Kier alpha value is -2.36. The molecule has 0 bridgehead atoms. The quantitative estimate of drug-likeness (QED) is 0.903. The molecule has 1 unspecified atom stereocenters. The normalized spacial score (nSPS) is 14.6. The molecule has 0 aliphatic heterocycles. The summed E-state index contributed by atoms with van der Waals surface area (Å²) in [5.41, 5.74) is 3.58. The third-order valence-electron chi connectivity index (χ3n) is 4.44. The molecule has 0 saturated heterocycles. The third-order valence-corrected chi connectivity index (χ3v) is 4.44. The van der Waals surface area contributed by atoms with Crippen molar-refractivity contribution in [1.29, 1.82) is 0 Å². The number of aryl methyl sites for hydroxylation is 2. The second-order valence-corrected chi connectivity index (χ2v) is 6.27. The Morgan fingerprint density at radius 2 is 1.83 bits per heavy atom. The molecular formula is C20H22FNO2. The molecule has 1 amide bonds. The van der Waals surface area contributed by atoms with Crippen LogP contribution in [0.2, 0.25) is 0 Å². The van der Waals surface area contributed by atoms with Gasteiger partial charge in [0.15, 0.2) is 6.61 Å². The average Bonchev–Trinajstić information content (AvgIpc) is 2.60. The van der Waals surface area contributed by atoms with Crippen LogP contribution in [0.15, 0.2) is 42.5 Å². The number of ether oxygens (including phenoxy) is 1. The van der Waals surface area contributed by atoms with Crippen molar-refractivity contribution in [2.24, 2.45) is 0 Å². The van der Waals surface area contributed by atoms with Crippen LogP contribution in [-0.2, 0) is 17.6 Å². The summed E-state index contributed by atoms with van der Waals surface area (Å²) in [7, 11) is 0. The number of amides is 1. The number of nitrogens with one attached hydrogen (secondary N) is 1. The van der Waals surface area contributed by atoms with Gasteiger partial charge < -0.3 is 10.1 Å². The molecule has 0 radical (unpaired) electrons. The zero-order valence-corrected chi connectivity index (χ0v) is 13.8. The summed E-state index contributed by atoms with van der Waals surface area (Å²) in [6.45, 7) is 1.84. The molecule has 0 spiro atoms. The molecule has 4 heteroatoms. The predicted octanol–water partition coefficient (Wildman–Crippen LogP) is 3.96. The Morgan fingerprint density at radius 3 is 2.58 bits per heavy atom. The maximum atomic E-state index is 12.9. The Bertz CT molecular complexity index is 712. The monoisotopic (exact) mass is 327 g/mol. The minimum atomic E-state index is -0.284. The molecular weight excluding hydrogens is 305 g/mol. The molecule has 1 aliphatic carbocycles. The molecule has 1 atom stereocenters. The maximum Gasteiger partial charge on any atom is 0.258 e. The van der Waals surface area contributed by atoms with Gasteiger partial charge in [0.05, 0.1) is 6.04 Å². The van der Waals surface area contributed by atoms with E-state index in [0.29, 0.717) is 0 Å². The lowest BCUT2D eigenvalue weighted by molar-refractivity contribution is -0.123. The van der Waals surface area contributed by atoms with Crippen LogP contribution < -0.4 is 10.1 Å². The fourth-order valence-electron chi connectivity index (χ4n) is 3.07. The molecule has 126 valence electrons. The van der Waals surface area contributed by atoms with Crippen LogP contribution >= 0.6 is 0 Å². The molecule has 0 saturated carbocycles. The van der Waals surface area contributed by atoms with Crippen LogP contribution in [0.1, 0.15) is 42.5 Å². The second kappa shape index (κ2) is 7.47. The predicted molar refractivity (Wildman–Crippen MR) is 91.5 cm³/mol. The lowest BCUT2D eigenvalue weighted by Crippen LogP contribution is -2.31. The zero-order valence-electron chi connectivity index (χ0n) is 13.8. The summed E-state index contributed by atoms with van der Waals surface area (Å²) in [5.74, 6) is 0.262. The largest absolute Gasteiger partial charge is 0.484 e. The molecule has 24 heavy (non-hydrogen) atoms. The number of carbonyl (C=O) groups excluding carboxylic acids is 1. The molecule has 2 aromatic carbocycles. The third kappa shape index (κ3) is 4.13. The SMILES string of the molecule is CC(NC(=O)COc1ccc2c(c1)CCCC2)c1ccc(F)cc1. The first kappa shape index (κ1) is 16.5. The lowest BCUT2D eigenvalue weighted by Gasteiger charge is -2.17. The van der Waals surface area contributed by atoms with Crippen LogP contribution in [0.5, 0.6) is 5.75 Å². The van der Waals surface area contributed by atoms with Gasteiger partial charge in [-0.15, -0.1) is 0 Å². The van der Waals surface area contributed by atoms with Crippen molar-refractivity contribution >= 4 is 5.91 Å². The summed E-state index contributed by atoms with van der Waals surface area (Å²) >= 11 is 0. The van der Waals surface area contributed by atoms with E-state index >= 15 is 0 Å². The summed E-state index contributed by atoms with van der Waals surface area (Å²) in [5, 5.41) is 2.86.